The van der Waals surface area contributed by atoms with E-state index in [0.717, 1.165) is 0 Å². The standard InChI is InChI=1S/C9H11ClO2/c1-9(12,6-11)7-3-2-4-8(10)5-7/h2-5,11-12H,6H2,1H3. The summed E-state index contributed by atoms with van der Waals surface area (Å²) in [5.41, 5.74) is -0.581. The van der Waals surface area contributed by atoms with Gasteiger partial charge in [0.1, 0.15) is 5.60 Å². The van der Waals surface area contributed by atoms with Crippen molar-refractivity contribution >= 4 is 11.6 Å². The Labute approximate surface area is 76.4 Å². The maximum absolute atomic E-state index is 9.61. The van der Waals surface area contributed by atoms with E-state index in [2.05, 4.69) is 0 Å². The summed E-state index contributed by atoms with van der Waals surface area (Å²) < 4.78 is 0. The molecule has 1 unspecified atom stereocenters. The first-order valence-electron chi connectivity index (χ1n) is 3.65. The van der Waals surface area contributed by atoms with Crippen LogP contribution in [0.1, 0.15) is 12.5 Å². The van der Waals surface area contributed by atoms with E-state index in [9.17, 15) is 5.11 Å². The van der Waals surface area contributed by atoms with E-state index in [1.54, 1.807) is 31.2 Å². The van der Waals surface area contributed by atoms with Crippen molar-refractivity contribution in [3.05, 3.63) is 34.9 Å². The Balaban J connectivity index is 3.03. The van der Waals surface area contributed by atoms with Crippen LogP contribution in [0, 0.1) is 0 Å². The third-order valence-electron chi connectivity index (χ3n) is 1.75. The second-order valence-corrected chi connectivity index (χ2v) is 3.38. The van der Waals surface area contributed by atoms with Crippen LogP contribution in [-0.2, 0) is 5.60 Å². The second kappa shape index (κ2) is 3.44. The van der Waals surface area contributed by atoms with Crippen molar-refractivity contribution < 1.29 is 10.2 Å². The van der Waals surface area contributed by atoms with E-state index < -0.39 is 5.60 Å². The molecule has 0 saturated heterocycles. The molecule has 1 aromatic carbocycles. The fourth-order valence-corrected chi connectivity index (χ4v) is 1.11. The molecule has 0 spiro atoms. The van der Waals surface area contributed by atoms with Gasteiger partial charge in [0.15, 0.2) is 0 Å². The van der Waals surface area contributed by atoms with E-state index in [4.69, 9.17) is 16.7 Å². The molecular weight excluding hydrogens is 176 g/mol. The van der Waals surface area contributed by atoms with Crippen molar-refractivity contribution in [2.45, 2.75) is 12.5 Å². The normalized spacial score (nSPS) is 15.7. The number of halogens is 1. The summed E-state index contributed by atoms with van der Waals surface area (Å²) in [6, 6.07) is 6.82. The van der Waals surface area contributed by atoms with E-state index in [1.165, 1.54) is 0 Å². The van der Waals surface area contributed by atoms with Gasteiger partial charge in [0.2, 0.25) is 0 Å². The number of hydrogen-bond acceptors (Lipinski definition) is 2. The van der Waals surface area contributed by atoms with Crippen LogP contribution in [0.2, 0.25) is 5.02 Å². The minimum atomic E-state index is -1.20. The molecule has 1 atom stereocenters. The molecule has 66 valence electrons. The molecule has 3 heteroatoms. The zero-order valence-corrected chi connectivity index (χ0v) is 7.54. The van der Waals surface area contributed by atoms with Gasteiger partial charge in [0, 0.05) is 5.02 Å². The van der Waals surface area contributed by atoms with Gasteiger partial charge in [-0.2, -0.15) is 0 Å². The number of rotatable bonds is 2. The average molecular weight is 187 g/mol. The minimum Gasteiger partial charge on any atom is -0.393 e. The van der Waals surface area contributed by atoms with E-state index >= 15 is 0 Å². The van der Waals surface area contributed by atoms with Crippen LogP contribution in [0.5, 0.6) is 0 Å². The minimum absolute atomic E-state index is 0.312. The fourth-order valence-electron chi connectivity index (χ4n) is 0.915. The molecule has 0 bridgehead atoms. The van der Waals surface area contributed by atoms with Gasteiger partial charge in [-0.3, -0.25) is 0 Å². The summed E-state index contributed by atoms with van der Waals surface area (Å²) in [5, 5.41) is 19.0. The van der Waals surface area contributed by atoms with E-state index in [1.807, 2.05) is 0 Å². The van der Waals surface area contributed by atoms with Crippen molar-refractivity contribution in [3.8, 4) is 0 Å². The molecule has 0 saturated carbocycles. The van der Waals surface area contributed by atoms with Gasteiger partial charge < -0.3 is 10.2 Å². The Kier molecular flexibility index (Phi) is 2.73. The Morgan fingerprint density at radius 3 is 2.67 bits per heavy atom. The number of aliphatic hydroxyl groups excluding tert-OH is 1. The maximum Gasteiger partial charge on any atom is 0.110 e. The molecule has 0 heterocycles. The molecule has 0 radical (unpaired) electrons. The highest BCUT2D eigenvalue weighted by atomic mass is 35.5. The predicted molar refractivity (Wildman–Crippen MR) is 48.1 cm³/mol. The van der Waals surface area contributed by atoms with E-state index in [0.29, 0.717) is 10.6 Å². The monoisotopic (exact) mass is 186 g/mol. The zero-order valence-electron chi connectivity index (χ0n) is 6.79. The van der Waals surface area contributed by atoms with Crippen molar-refractivity contribution in [3.63, 3.8) is 0 Å². The van der Waals surface area contributed by atoms with Gasteiger partial charge in [0.05, 0.1) is 6.61 Å². The topological polar surface area (TPSA) is 40.5 Å². The van der Waals surface area contributed by atoms with Gasteiger partial charge in [-0.05, 0) is 24.6 Å². The fraction of sp³-hybridized carbons (Fsp3) is 0.333. The molecule has 2 N–H and O–H groups in total. The van der Waals surface area contributed by atoms with Gasteiger partial charge in [-0.1, -0.05) is 23.7 Å². The summed E-state index contributed by atoms with van der Waals surface area (Å²) in [5.74, 6) is 0. The van der Waals surface area contributed by atoms with Gasteiger partial charge in [-0.25, -0.2) is 0 Å². The highest BCUT2D eigenvalue weighted by Crippen LogP contribution is 2.22. The van der Waals surface area contributed by atoms with Crippen molar-refractivity contribution in [2.24, 2.45) is 0 Å². The number of hydrogen-bond donors (Lipinski definition) is 2. The summed E-state index contributed by atoms with van der Waals surface area (Å²) >= 11 is 5.72. The van der Waals surface area contributed by atoms with Crippen LogP contribution in [0.25, 0.3) is 0 Å². The van der Waals surface area contributed by atoms with Crippen molar-refractivity contribution in [2.75, 3.05) is 6.61 Å². The summed E-state index contributed by atoms with van der Waals surface area (Å²) in [6.07, 6.45) is 0. The zero-order chi connectivity index (χ0) is 9.19. The van der Waals surface area contributed by atoms with Crippen molar-refractivity contribution in [1.29, 1.82) is 0 Å². The lowest BCUT2D eigenvalue weighted by molar-refractivity contribution is -0.00227. The van der Waals surface area contributed by atoms with Gasteiger partial charge in [0.25, 0.3) is 0 Å². The molecule has 0 aliphatic rings. The largest absolute Gasteiger partial charge is 0.393 e. The Bertz CT molecular complexity index is 271. The van der Waals surface area contributed by atoms with E-state index in [-0.39, 0.29) is 6.61 Å². The molecule has 1 aromatic rings. The van der Waals surface area contributed by atoms with Gasteiger partial charge in [-0.15, -0.1) is 0 Å². The number of aliphatic hydroxyl groups is 2. The molecular formula is C9H11ClO2. The highest BCUT2D eigenvalue weighted by Gasteiger charge is 2.21. The van der Waals surface area contributed by atoms with Crippen LogP contribution in [0.15, 0.2) is 24.3 Å². The summed E-state index contributed by atoms with van der Waals surface area (Å²) in [7, 11) is 0. The lowest BCUT2D eigenvalue weighted by atomic mass is 9.97. The molecule has 2 nitrogen and oxygen atoms in total. The second-order valence-electron chi connectivity index (χ2n) is 2.94. The van der Waals surface area contributed by atoms with Crippen LogP contribution >= 0.6 is 11.6 Å². The molecule has 0 fully saturated rings. The summed E-state index contributed by atoms with van der Waals surface area (Å²) in [4.78, 5) is 0. The first-order chi connectivity index (χ1) is 5.56. The SMILES string of the molecule is CC(O)(CO)c1cccc(Cl)c1. The predicted octanol–water partition coefficient (Wildman–Crippen LogP) is 1.54. The highest BCUT2D eigenvalue weighted by molar-refractivity contribution is 6.30. The van der Waals surface area contributed by atoms with Crippen LogP contribution in [0.3, 0.4) is 0 Å². The van der Waals surface area contributed by atoms with Crippen molar-refractivity contribution in [1.82, 2.24) is 0 Å². The lowest BCUT2D eigenvalue weighted by Crippen LogP contribution is -2.25. The molecule has 0 aromatic heterocycles. The maximum atomic E-state index is 9.61. The lowest BCUT2D eigenvalue weighted by Gasteiger charge is -2.20. The quantitative estimate of drug-likeness (QED) is 0.736. The smallest absolute Gasteiger partial charge is 0.110 e. The molecule has 12 heavy (non-hydrogen) atoms. The third-order valence-corrected chi connectivity index (χ3v) is 1.99. The van der Waals surface area contributed by atoms with Crippen LogP contribution in [0.4, 0.5) is 0 Å². The Hall–Kier alpha value is -0.570. The van der Waals surface area contributed by atoms with Gasteiger partial charge >= 0.3 is 0 Å². The Morgan fingerprint density at radius 1 is 1.50 bits per heavy atom. The average Bonchev–Trinajstić information content (AvgIpc) is 2.05. The number of benzene rings is 1. The molecule has 0 aliphatic heterocycles. The molecule has 0 amide bonds. The first kappa shape index (κ1) is 9.52. The van der Waals surface area contributed by atoms with Crippen LogP contribution < -0.4 is 0 Å². The molecule has 0 aliphatic carbocycles. The first-order valence-corrected chi connectivity index (χ1v) is 4.03. The third kappa shape index (κ3) is 1.97. The Morgan fingerprint density at radius 2 is 2.17 bits per heavy atom. The molecule has 1 rings (SSSR count). The van der Waals surface area contributed by atoms with Crippen LogP contribution in [-0.4, -0.2) is 16.8 Å². The summed E-state index contributed by atoms with van der Waals surface area (Å²) in [6.45, 7) is 1.23.